The van der Waals surface area contributed by atoms with E-state index in [0.29, 0.717) is 0 Å². The van der Waals surface area contributed by atoms with Crippen LogP contribution in [0.15, 0.2) is 79.0 Å². The zero-order valence-electron chi connectivity index (χ0n) is 20.1. The van der Waals surface area contributed by atoms with Crippen LogP contribution in [0.4, 0.5) is 5.69 Å². The molecule has 4 nitrogen and oxygen atoms in total. The van der Waals surface area contributed by atoms with Gasteiger partial charge in [0.05, 0.1) is 17.8 Å². The summed E-state index contributed by atoms with van der Waals surface area (Å²) in [7, 11) is 0. The molecule has 0 saturated carbocycles. The first-order chi connectivity index (χ1) is 16.4. The van der Waals surface area contributed by atoms with E-state index >= 15 is 0 Å². The summed E-state index contributed by atoms with van der Waals surface area (Å²) in [5.74, 6) is 0. The Morgan fingerprint density at radius 1 is 0.882 bits per heavy atom. The molecule has 5 heteroatoms. The average Bonchev–Trinajstić information content (AvgIpc) is 3.30. The van der Waals surface area contributed by atoms with E-state index in [0.717, 1.165) is 23.0 Å². The van der Waals surface area contributed by atoms with Crippen molar-refractivity contribution < 1.29 is 0 Å². The number of pyridine rings is 1. The number of thiocarbonyl (C=S) groups is 1. The van der Waals surface area contributed by atoms with E-state index in [-0.39, 0.29) is 12.1 Å². The normalized spacial score (nSPS) is 17.8. The van der Waals surface area contributed by atoms with Crippen molar-refractivity contribution in [1.29, 1.82) is 0 Å². The molecule has 5 rings (SSSR count). The van der Waals surface area contributed by atoms with Gasteiger partial charge in [-0.2, -0.15) is 0 Å². The molecule has 1 aliphatic heterocycles. The van der Waals surface area contributed by atoms with Gasteiger partial charge in [-0.3, -0.25) is 4.98 Å². The summed E-state index contributed by atoms with van der Waals surface area (Å²) in [4.78, 5) is 6.99. The summed E-state index contributed by atoms with van der Waals surface area (Å²) >= 11 is 5.93. The fourth-order valence-electron chi connectivity index (χ4n) is 5.18. The van der Waals surface area contributed by atoms with Crippen LogP contribution in [0.2, 0.25) is 0 Å². The third-order valence-corrected chi connectivity index (χ3v) is 7.01. The van der Waals surface area contributed by atoms with E-state index in [4.69, 9.17) is 17.2 Å². The van der Waals surface area contributed by atoms with Gasteiger partial charge in [-0.15, -0.1) is 0 Å². The summed E-state index contributed by atoms with van der Waals surface area (Å²) in [5.41, 5.74) is 9.64. The van der Waals surface area contributed by atoms with Crippen molar-refractivity contribution in [2.24, 2.45) is 0 Å². The lowest BCUT2D eigenvalue weighted by atomic mass is 9.96. The molecule has 1 fully saturated rings. The van der Waals surface area contributed by atoms with Gasteiger partial charge >= 0.3 is 0 Å². The lowest BCUT2D eigenvalue weighted by Gasteiger charge is -2.29. The number of benzene rings is 2. The highest BCUT2D eigenvalue weighted by Crippen LogP contribution is 2.43. The van der Waals surface area contributed by atoms with Crippen molar-refractivity contribution in [1.82, 2.24) is 14.9 Å². The quantitative estimate of drug-likeness (QED) is 0.348. The predicted molar refractivity (Wildman–Crippen MR) is 143 cm³/mol. The van der Waals surface area contributed by atoms with Crippen LogP contribution in [0.1, 0.15) is 51.4 Å². The highest BCUT2D eigenvalue weighted by molar-refractivity contribution is 7.80. The molecule has 0 unspecified atom stereocenters. The van der Waals surface area contributed by atoms with E-state index in [1.54, 1.807) is 0 Å². The topological polar surface area (TPSA) is 33.1 Å². The van der Waals surface area contributed by atoms with Crippen LogP contribution in [0, 0.1) is 27.7 Å². The van der Waals surface area contributed by atoms with Crippen molar-refractivity contribution in [2.45, 2.75) is 46.3 Å². The molecule has 0 amide bonds. The van der Waals surface area contributed by atoms with Gasteiger partial charge < -0.3 is 14.8 Å². The Labute approximate surface area is 207 Å². The predicted octanol–water partition coefficient (Wildman–Crippen LogP) is 6.34. The minimum Gasteiger partial charge on any atom is -0.351 e. The van der Waals surface area contributed by atoms with Gasteiger partial charge in [0.15, 0.2) is 5.11 Å². The van der Waals surface area contributed by atoms with Gasteiger partial charge in [-0.25, -0.2) is 0 Å². The van der Waals surface area contributed by atoms with Crippen LogP contribution in [-0.4, -0.2) is 14.7 Å². The van der Waals surface area contributed by atoms with Gasteiger partial charge in [0.25, 0.3) is 0 Å². The van der Waals surface area contributed by atoms with Crippen LogP contribution in [0.5, 0.6) is 0 Å². The number of nitrogens with zero attached hydrogens (tertiary/aromatic N) is 3. The molecule has 1 N–H and O–H groups in total. The van der Waals surface area contributed by atoms with Crippen molar-refractivity contribution in [2.75, 3.05) is 4.90 Å². The zero-order valence-corrected chi connectivity index (χ0v) is 20.9. The second-order valence-corrected chi connectivity index (χ2v) is 9.63. The SMILES string of the molecule is Cc1cc(C)cc(N2C(=S)N[C@H](c3ccccn3)[C@H]2c2cc(C)n(Cc3ccccc3)c2C)c1. The molecule has 34 heavy (non-hydrogen) atoms. The molecule has 172 valence electrons. The Hall–Kier alpha value is -3.44. The summed E-state index contributed by atoms with van der Waals surface area (Å²) < 4.78 is 2.40. The first kappa shape index (κ1) is 22.4. The fourth-order valence-corrected chi connectivity index (χ4v) is 5.52. The molecule has 4 aromatic rings. The van der Waals surface area contributed by atoms with Gasteiger partial charge in [0.1, 0.15) is 0 Å². The average molecular weight is 467 g/mol. The van der Waals surface area contributed by atoms with E-state index < -0.39 is 0 Å². The van der Waals surface area contributed by atoms with Crippen LogP contribution < -0.4 is 10.2 Å². The highest BCUT2D eigenvalue weighted by atomic mass is 32.1. The lowest BCUT2D eigenvalue weighted by Crippen LogP contribution is -2.29. The van der Waals surface area contributed by atoms with Gasteiger partial charge in [0.2, 0.25) is 0 Å². The standard InChI is InChI=1S/C29H30N4S/c1-19-14-20(2)16-24(15-19)33-28(27(31-29(33)34)26-12-8-9-13-30-26)25-17-21(3)32(22(25)4)18-23-10-6-5-7-11-23/h5-17,27-28H,18H2,1-4H3,(H,31,34)/t27-,28-/m1/s1. The lowest BCUT2D eigenvalue weighted by molar-refractivity contribution is 0.563. The number of rotatable bonds is 5. The fraction of sp³-hybridized carbons (Fsp3) is 0.241. The third kappa shape index (κ3) is 4.12. The molecule has 0 aliphatic carbocycles. The number of hydrogen-bond donors (Lipinski definition) is 1. The van der Waals surface area contributed by atoms with Crippen molar-refractivity contribution in [3.63, 3.8) is 0 Å². The Bertz CT molecular complexity index is 1310. The third-order valence-electron chi connectivity index (χ3n) is 6.70. The minimum atomic E-state index is -0.0415. The number of aromatic nitrogens is 2. The number of aryl methyl sites for hydroxylation is 3. The van der Waals surface area contributed by atoms with Crippen LogP contribution >= 0.6 is 12.2 Å². The van der Waals surface area contributed by atoms with Crippen LogP contribution in [0.25, 0.3) is 0 Å². The highest BCUT2D eigenvalue weighted by Gasteiger charge is 2.42. The molecule has 1 aliphatic rings. The summed E-state index contributed by atoms with van der Waals surface area (Å²) in [5, 5.41) is 4.33. The molecule has 0 bridgehead atoms. The molecule has 0 radical (unpaired) electrons. The molecule has 0 spiro atoms. The number of anilines is 1. The largest absolute Gasteiger partial charge is 0.351 e. The van der Waals surface area contributed by atoms with E-state index in [2.05, 4.69) is 103 Å². The maximum Gasteiger partial charge on any atom is 0.174 e. The molecular formula is C29H30N4S. The Morgan fingerprint density at radius 2 is 1.59 bits per heavy atom. The smallest absolute Gasteiger partial charge is 0.174 e. The van der Waals surface area contributed by atoms with E-state index in [1.807, 2.05) is 18.3 Å². The van der Waals surface area contributed by atoms with Crippen molar-refractivity contribution in [3.8, 4) is 0 Å². The zero-order chi connectivity index (χ0) is 23.8. The van der Waals surface area contributed by atoms with Crippen LogP contribution in [0.3, 0.4) is 0 Å². The molecule has 2 atom stereocenters. The second-order valence-electron chi connectivity index (χ2n) is 9.24. The first-order valence-corrected chi connectivity index (χ1v) is 12.1. The monoisotopic (exact) mass is 466 g/mol. The number of nitrogens with one attached hydrogen (secondary N) is 1. The van der Waals surface area contributed by atoms with Gasteiger partial charge in [-0.05, 0) is 92.5 Å². The molecular weight excluding hydrogens is 436 g/mol. The Balaban J connectivity index is 1.64. The second kappa shape index (κ2) is 9.07. The molecule has 3 heterocycles. The molecule has 1 saturated heterocycles. The van der Waals surface area contributed by atoms with Crippen molar-refractivity contribution in [3.05, 3.63) is 118 Å². The van der Waals surface area contributed by atoms with E-state index in [9.17, 15) is 0 Å². The summed E-state index contributed by atoms with van der Waals surface area (Å²) in [6, 6.07) is 25.6. The summed E-state index contributed by atoms with van der Waals surface area (Å²) in [6.07, 6.45) is 1.86. The van der Waals surface area contributed by atoms with E-state index in [1.165, 1.54) is 33.6 Å². The maximum absolute atomic E-state index is 5.93. The molecule has 2 aromatic heterocycles. The Morgan fingerprint density at radius 3 is 2.26 bits per heavy atom. The number of hydrogen-bond acceptors (Lipinski definition) is 2. The van der Waals surface area contributed by atoms with Crippen molar-refractivity contribution >= 4 is 23.0 Å². The van der Waals surface area contributed by atoms with Gasteiger partial charge in [0, 0.05) is 29.8 Å². The van der Waals surface area contributed by atoms with Crippen LogP contribution in [-0.2, 0) is 6.54 Å². The van der Waals surface area contributed by atoms with Gasteiger partial charge in [-0.1, -0.05) is 42.5 Å². The first-order valence-electron chi connectivity index (χ1n) is 11.7. The maximum atomic E-state index is 5.93. The summed E-state index contributed by atoms with van der Waals surface area (Å²) in [6.45, 7) is 9.54. The Kier molecular flexibility index (Phi) is 5.96. The molecule has 2 aromatic carbocycles. The minimum absolute atomic E-state index is 0.000627.